The van der Waals surface area contributed by atoms with Gasteiger partial charge in [0.05, 0.1) is 12.3 Å². The third-order valence-electron chi connectivity index (χ3n) is 5.44. The van der Waals surface area contributed by atoms with Crippen molar-refractivity contribution >= 4 is 5.97 Å². The number of esters is 1. The second-order valence-electron chi connectivity index (χ2n) is 6.54. The smallest absolute Gasteiger partial charge is 0.333 e. The summed E-state index contributed by atoms with van der Waals surface area (Å²) in [5.41, 5.74) is 0.306. The van der Waals surface area contributed by atoms with Crippen LogP contribution >= 0.6 is 0 Å². The number of hydrogen-bond acceptors (Lipinski definition) is 2. The van der Waals surface area contributed by atoms with E-state index < -0.39 is 0 Å². The van der Waals surface area contributed by atoms with E-state index in [4.69, 9.17) is 4.74 Å². The van der Waals surface area contributed by atoms with E-state index in [9.17, 15) is 4.79 Å². The summed E-state index contributed by atoms with van der Waals surface area (Å²) < 4.78 is 5.96. The Balaban J connectivity index is 1.87. The molecule has 4 aliphatic carbocycles. The van der Waals surface area contributed by atoms with E-state index in [1.54, 1.807) is 6.92 Å². The summed E-state index contributed by atoms with van der Waals surface area (Å²) in [7, 11) is 0. The molecule has 5 atom stereocenters. The zero-order valence-electron chi connectivity index (χ0n) is 11.4. The predicted octanol–water partition coefficient (Wildman–Crippen LogP) is 3.52. The lowest BCUT2D eigenvalue weighted by Gasteiger charge is -2.55. The molecule has 18 heavy (non-hydrogen) atoms. The van der Waals surface area contributed by atoms with Gasteiger partial charge in [-0.05, 0) is 44.9 Å². The fraction of sp³-hybridized carbons (Fsp3) is 0.750. The minimum absolute atomic E-state index is 0.197. The molecule has 0 N–H and O–H groups in total. The van der Waals surface area contributed by atoms with Gasteiger partial charge in [0, 0.05) is 11.5 Å². The third-order valence-corrected chi connectivity index (χ3v) is 5.44. The molecule has 0 aromatic carbocycles. The maximum atomic E-state index is 12.0. The molecule has 0 aliphatic heterocycles. The summed E-state index contributed by atoms with van der Waals surface area (Å²) in [4.78, 5) is 12.0. The average Bonchev–Trinajstić information content (AvgIpc) is 2.32. The molecule has 0 saturated heterocycles. The second kappa shape index (κ2) is 4.04. The molecule has 0 aromatic rings. The first-order valence-electron chi connectivity index (χ1n) is 7.29. The highest BCUT2D eigenvalue weighted by Gasteiger charge is 2.64. The van der Waals surface area contributed by atoms with Crippen molar-refractivity contribution in [1.82, 2.24) is 0 Å². The van der Waals surface area contributed by atoms with Crippen LogP contribution in [0.5, 0.6) is 0 Å². The van der Waals surface area contributed by atoms with Crippen LogP contribution in [-0.4, -0.2) is 11.6 Å². The van der Waals surface area contributed by atoms with Crippen molar-refractivity contribution in [3.05, 3.63) is 18.6 Å². The summed E-state index contributed by atoms with van der Waals surface area (Å²) >= 11 is 0. The van der Waals surface area contributed by atoms with Crippen LogP contribution in [0, 0.1) is 30.1 Å². The predicted molar refractivity (Wildman–Crippen MR) is 70.7 cm³/mol. The fourth-order valence-corrected chi connectivity index (χ4v) is 4.71. The number of carbonyl (C=O) groups excluding carboxylic acids is 1. The Labute approximate surface area is 110 Å². The zero-order chi connectivity index (χ0) is 12.9. The van der Waals surface area contributed by atoms with Crippen molar-refractivity contribution in [2.45, 2.75) is 51.6 Å². The van der Waals surface area contributed by atoms with Crippen molar-refractivity contribution in [3.8, 4) is 0 Å². The van der Waals surface area contributed by atoms with E-state index in [0.29, 0.717) is 17.4 Å². The summed E-state index contributed by atoms with van der Waals surface area (Å²) in [6.07, 6.45) is 8.52. The summed E-state index contributed by atoms with van der Waals surface area (Å²) in [6, 6.07) is 0. The molecule has 2 nitrogen and oxygen atoms in total. The van der Waals surface area contributed by atoms with Crippen molar-refractivity contribution < 1.29 is 9.53 Å². The first-order chi connectivity index (χ1) is 8.55. The molecular weight excluding hydrogens is 224 g/mol. The summed E-state index contributed by atoms with van der Waals surface area (Å²) in [6.45, 7) is 7.63. The molecule has 4 fully saturated rings. The average molecular weight is 247 g/mol. The number of carbonyl (C=O) groups is 1. The van der Waals surface area contributed by atoms with Gasteiger partial charge in [-0.3, -0.25) is 0 Å². The van der Waals surface area contributed by atoms with Crippen molar-refractivity contribution in [1.29, 1.82) is 0 Å². The lowest BCUT2D eigenvalue weighted by Crippen LogP contribution is -2.59. The first-order valence-corrected chi connectivity index (χ1v) is 7.29. The minimum Gasteiger partial charge on any atom is -0.451 e. The highest BCUT2D eigenvalue weighted by atomic mass is 16.6. The molecule has 4 rings (SSSR count). The van der Waals surface area contributed by atoms with E-state index in [1.165, 1.54) is 25.7 Å². The van der Waals surface area contributed by atoms with E-state index in [1.807, 2.05) is 0 Å². The van der Waals surface area contributed by atoms with Gasteiger partial charge in [0.1, 0.15) is 5.92 Å². The monoisotopic (exact) mass is 247 g/mol. The van der Waals surface area contributed by atoms with Crippen LogP contribution in [0.2, 0.25) is 0 Å². The highest BCUT2D eigenvalue weighted by Crippen LogP contribution is 2.60. The van der Waals surface area contributed by atoms with Gasteiger partial charge in [0.15, 0.2) is 5.60 Å². The SMILES string of the molecule is C=C(C)C(=O)OC1(CC)C2[CH+]C3CC(C2)CC1C3. The summed E-state index contributed by atoms with van der Waals surface area (Å²) in [5, 5.41) is 0. The fourth-order valence-electron chi connectivity index (χ4n) is 4.71. The maximum absolute atomic E-state index is 12.0. The van der Waals surface area contributed by atoms with Crippen LogP contribution in [0.25, 0.3) is 0 Å². The van der Waals surface area contributed by atoms with Gasteiger partial charge in [0.25, 0.3) is 0 Å². The van der Waals surface area contributed by atoms with Crippen LogP contribution in [-0.2, 0) is 9.53 Å². The van der Waals surface area contributed by atoms with Gasteiger partial charge >= 0.3 is 5.97 Å². The van der Waals surface area contributed by atoms with Gasteiger partial charge in [-0.15, -0.1) is 0 Å². The van der Waals surface area contributed by atoms with Gasteiger partial charge in [-0.1, -0.05) is 13.5 Å². The molecule has 0 aromatic heterocycles. The standard InChI is InChI=1S/C16H23O2/c1-4-16(18-15(17)10(2)3)13-6-11-5-12(8-13)9-14(16)7-11/h6,11-14H,2,4-5,7-9H2,1,3H3/q+1. The third kappa shape index (κ3) is 1.61. The van der Waals surface area contributed by atoms with Gasteiger partial charge in [-0.2, -0.15) is 0 Å². The van der Waals surface area contributed by atoms with Crippen molar-refractivity contribution in [2.24, 2.45) is 23.7 Å². The molecule has 2 heteroatoms. The van der Waals surface area contributed by atoms with Gasteiger partial charge in [-0.25, -0.2) is 4.79 Å². The molecule has 0 radical (unpaired) electrons. The molecule has 4 saturated carbocycles. The Kier molecular flexibility index (Phi) is 2.72. The Morgan fingerprint density at radius 1 is 1.39 bits per heavy atom. The summed E-state index contributed by atoms with van der Waals surface area (Å²) in [5.74, 6) is 2.54. The normalized spacial score (nSPS) is 44.6. The van der Waals surface area contributed by atoms with E-state index >= 15 is 0 Å². The van der Waals surface area contributed by atoms with E-state index in [0.717, 1.165) is 18.3 Å². The second-order valence-corrected chi connectivity index (χ2v) is 6.54. The van der Waals surface area contributed by atoms with Gasteiger partial charge < -0.3 is 4.74 Å². The van der Waals surface area contributed by atoms with Crippen molar-refractivity contribution in [2.75, 3.05) is 0 Å². The molecular formula is C16H23O2+. The number of rotatable bonds is 3. The van der Waals surface area contributed by atoms with Crippen LogP contribution in [0.15, 0.2) is 12.2 Å². The van der Waals surface area contributed by atoms with Gasteiger partial charge in [0.2, 0.25) is 0 Å². The number of ether oxygens (including phenoxy) is 1. The molecule has 0 spiro atoms. The lowest BCUT2D eigenvalue weighted by molar-refractivity contribution is -0.195. The molecule has 0 heterocycles. The Hall–Kier alpha value is -0.920. The molecule has 5 unspecified atom stereocenters. The highest BCUT2D eigenvalue weighted by molar-refractivity contribution is 5.87. The van der Waals surface area contributed by atoms with Crippen molar-refractivity contribution in [3.63, 3.8) is 0 Å². The Morgan fingerprint density at radius 3 is 2.72 bits per heavy atom. The van der Waals surface area contributed by atoms with Crippen LogP contribution in [0.1, 0.15) is 46.0 Å². The topological polar surface area (TPSA) is 26.3 Å². The largest absolute Gasteiger partial charge is 0.451 e. The molecule has 4 aliphatic rings. The quantitative estimate of drug-likeness (QED) is 0.433. The Morgan fingerprint density at radius 2 is 2.17 bits per heavy atom. The zero-order valence-corrected chi connectivity index (χ0v) is 11.4. The molecule has 4 bridgehead atoms. The van der Waals surface area contributed by atoms with E-state index in [2.05, 4.69) is 19.9 Å². The van der Waals surface area contributed by atoms with Crippen LogP contribution in [0.3, 0.4) is 0 Å². The Bertz CT molecular complexity index is 355. The molecule has 0 amide bonds. The molecule has 98 valence electrons. The first kappa shape index (κ1) is 12.1. The lowest BCUT2D eigenvalue weighted by atomic mass is 9.49. The maximum Gasteiger partial charge on any atom is 0.333 e. The number of hydrogen-bond donors (Lipinski definition) is 0. The van der Waals surface area contributed by atoms with E-state index in [-0.39, 0.29) is 11.6 Å². The minimum atomic E-state index is -0.219. The van der Waals surface area contributed by atoms with Crippen LogP contribution in [0.4, 0.5) is 0 Å². The van der Waals surface area contributed by atoms with Crippen LogP contribution < -0.4 is 0 Å².